The van der Waals surface area contributed by atoms with E-state index in [4.69, 9.17) is 16.3 Å². The van der Waals surface area contributed by atoms with E-state index < -0.39 is 21.3 Å². The van der Waals surface area contributed by atoms with Crippen molar-refractivity contribution in [3.05, 3.63) is 29.8 Å². The van der Waals surface area contributed by atoms with E-state index in [-0.39, 0.29) is 24.0 Å². The first-order valence-corrected chi connectivity index (χ1v) is 9.63. The first-order valence-electron chi connectivity index (χ1n) is 7.37. The largest absolute Gasteiger partial charge is 0.497 e. The van der Waals surface area contributed by atoms with E-state index in [0.29, 0.717) is 6.54 Å². The van der Waals surface area contributed by atoms with Crippen molar-refractivity contribution in [3.8, 4) is 5.75 Å². The van der Waals surface area contributed by atoms with Gasteiger partial charge >= 0.3 is 0 Å². The maximum absolute atomic E-state index is 12.1. The Balaban J connectivity index is 1.82. The summed E-state index contributed by atoms with van der Waals surface area (Å²) in [5.41, 5.74) is 1.09. The fraction of sp³-hybridized carbons (Fsp3) is 0.533. The van der Waals surface area contributed by atoms with Crippen LogP contribution in [-0.2, 0) is 21.2 Å². The number of benzene rings is 1. The van der Waals surface area contributed by atoms with Crippen LogP contribution in [0.3, 0.4) is 0 Å². The van der Waals surface area contributed by atoms with Crippen molar-refractivity contribution in [2.24, 2.45) is 0 Å². The molecule has 1 aromatic rings. The zero-order valence-corrected chi connectivity index (χ0v) is 14.8. The molecule has 0 saturated carbocycles. The summed E-state index contributed by atoms with van der Waals surface area (Å²) < 4.78 is 28.1. The van der Waals surface area contributed by atoms with Gasteiger partial charge in [0.2, 0.25) is 0 Å². The third kappa shape index (κ3) is 5.37. The van der Waals surface area contributed by atoms with Gasteiger partial charge in [-0.3, -0.25) is 4.79 Å². The molecule has 2 rings (SSSR count). The van der Waals surface area contributed by atoms with E-state index in [0.717, 1.165) is 16.2 Å². The fourth-order valence-corrected chi connectivity index (χ4v) is 5.17. The number of ether oxygens (including phenoxy) is 1. The van der Waals surface area contributed by atoms with E-state index in [1.165, 1.54) is 0 Å². The molecule has 0 radical (unpaired) electrons. The maximum atomic E-state index is 12.1. The monoisotopic (exact) mass is 361 g/mol. The zero-order chi connectivity index (χ0) is 17.0. The van der Waals surface area contributed by atoms with Crippen LogP contribution in [-0.4, -0.2) is 58.0 Å². The van der Waals surface area contributed by atoms with Gasteiger partial charge in [0.1, 0.15) is 12.3 Å². The van der Waals surface area contributed by atoms with Gasteiger partial charge in [0.15, 0.2) is 16.4 Å². The van der Waals surface area contributed by atoms with Gasteiger partial charge in [-0.15, -0.1) is 11.6 Å². The van der Waals surface area contributed by atoms with E-state index in [2.05, 4.69) is 5.32 Å². The van der Waals surface area contributed by atoms with Crippen LogP contribution in [0.2, 0.25) is 0 Å². The van der Waals surface area contributed by atoms with Crippen molar-refractivity contribution in [2.45, 2.75) is 18.0 Å². The van der Waals surface area contributed by atoms with Crippen LogP contribution in [0.1, 0.15) is 5.56 Å². The van der Waals surface area contributed by atoms with Crippen molar-refractivity contribution in [3.63, 3.8) is 0 Å². The lowest BCUT2D eigenvalue weighted by Gasteiger charge is -2.17. The second-order valence-electron chi connectivity index (χ2n) is 5.93. The fourth-order valence-electron chi connectivity index (χ4n) is 2.62. The quantitative estimate of drug-likeness (QED) is 0.652. The molecule has 3 atom stereocenters. The number of carbonyl (C=O) groups is 1. The van der Waals surface area contributed by atoms with Crippen LogP contribution >= 0.6 is 11.6 Å². The Bertz CT molecular complexity index is 648. The number of hydrogen-bond acceptors (Lipinski definition) is 4. The minimum absolute atomic E-state index is 0.0754. The molecular formula is C15H22ClN2O4S+. The second kappa shape index (κ2) is 7.51. The number of methoxy groups -OCH3 is 1. The Morgan fingerprint density at radius 2 is 2.00 bits per heavy atom. The maximum Gasteiger partial charge on any atom is 0.275 e. The zero-order valence-electron chi connectivity index (χ0n) is 13.2. The molecule has 0 aliphatic carbocycles. The first-order chi connectivity index (χ1) is 10.8. The van der Waals surface area contributed by atoms with E-state index in [1.807, 2.05) is 31.3 Å². The molecule has 128 valence electrons. The topological polar surface area (TPSA) is 76.9 Å². The number of likely N-dealkylation sites (N-methyl/N-ethyl adjacent to an activating group) is 1. The summed E-state index contributed by atoms with van der Waals surface area (Å²) in [5, 5.41) is 2.18. The van der Waals surface area contributed by atoms with Crippen LogP contribution < -0.4 is 15.0 Å². The second-order valence-corrected chi connectivity index (χ2v) is 8.64. The number of sulfone groups is 1. The van der Waals surface area contributed by atoms with E-state index in [1.54, 1.807) is 7.11 Å². The number of amides is 1. The van der Waals surface area contributed by atoms with Gasteiger partial charge in [0.05, 0.1) is 37.1 Å². The van der Waals surface area contributed by atoms with Crippen molar-refractivity contribution < 1.29 is 22.8 Å². The number of alkyl halides is 1. The summed E-state index contributed by atoms with van der Waals surface area (Å²) in [6.45, 7) is 0.941. The molecule has 1 amide bonds. The van der Waals surface area contributed by atoms with Crippen LogP contribution in [0.15, 0.2) is 24.3 Å². The first kappa shape index (κ1) is 18.0. The molecule has 23 heavy (non-hydrogen) atoms. The molecule has 1 aliphatic rings. The summed E-state index contributed by atoms with van der Waals surface area (Å²) in [4.78, 5) is 13.1. The van der Waals surface area contributed by atoms with Gasteiger partial charge in [-0.25, -0.2) is 8.42 Å². The Morgan fingerprint density at radius 1 is 1.35 bits per heavy atom. The summed E-state index contributed by atoms with van der Waals surface area (Å²) in [6.07, 6.45) is 0. The summed E-state index contributed by atoms with van der Waals surface area (Å²) >= 11 is 5.99. The Labute approximate surface area is 141 Å². The molecule has 8 heteroatoms. The van der Waals surface area contributed by atoms with Crippen LogP contribution in [0.5, 0.6) is 5.75 Å². The van der Waals surface area contributed by atoms with Crippen molar-refractivity contribution in [1.82, 2.24) is 5.32 Å². The average Bonchev–Trinajstić information content (AvgIpc) is 2.71. The van der Waals surface area contributed by atoms with Crippen molar-refractivity contribution in [2.75, 3.05) is 32.2 Å². The highest BCUT2D eigenvalue weighted by Gasteiger charge is 2.37. The number of hydrogen-bond donors (Lipinski definition) is 2. The van der Waals surface area contributed by atoms with E-state index in [9.17, 15) is 13.2 Å². The van der Waals surface area contributed by atoms with Gasteiger partial charge in [0, 0.05) is 5.56 Å². The van der Waals surface area contributed by atoms with Crippen LogP contribution in [0, 0.1) is 0 Å². The third-order valence-corrected chi connectivity index (χ3v) is 6.13. The highest BCUT2D eigenvalue weighted by Crippen LogP contribution is 2.17. The Hall–Kier alpha value is -1.31. The van der Waals surface area contributed by atoms with Gasteiger partial charge in [0.25, 0.3) is 5.91 Å². The highest BCUT2D eigenvalue weighted by molar-refractivity contribution is 7.91. The highest BCUT2D eigenvalue weighted by atomic mass is 35.5. The molecule has 1 heterocycles. The number of carbonyl (C=O) groups excluding carboxylic acids is 1. The molecule has 1 saturated heterocycles. The number of halogens is 1. The molecule has 1 aromatic carbocycles. The summed E-state index contributed by atoms with van der Waals surface area (Å²) in [6, 6.07) is 7.17. The number of rotatable bonds is 6. The molecule has 1 aliphatic heterocycles. The van der Waals surface area contributed by atoms with Crippen LogP contribution in [0.4, 0.5) is 0 Å². The lowest BCUT2D eigenvalue weighted by Crippen LogP contribution is -3.09. The van der Waals surface area contributed by atoms with Gasteiger partial charge in [-0.2, -0.15) is 0 Å². The molecule has 1 fully saturated rings. The molecule has 0 spiro atoms. The van der Waals surface area contributed by atoms with E-state index >= 15 is 0 Å². The molecule has 6 nitrogen and oxygen atoms in total. The van der Waals surface area contributed by atoms with Gasteiger partial charge < -0.3 is 15.0 Å². The molecule has 0 bridgehead atoms. The van der Waals surface area contributed by atoms with Gasteiger partial charge in [-0.1, -0.05) is 0 Å². The molecule has 2 N–H and O–H groups in total. The third-order valence-electron chi connectivity index (χ3n) is 3.76. The molecular weight excluding hydrogens is 340 g/mol. The smallest absolute Gasteiger partial charge is 0.275 e. The standard InChI is InChI=1S/C15H21ClN2O4S/c1-18(7-11-3-5-12(22-2)6-4-11)8-15(19)17-14-10-23(20,21)9-13(14)16/h3-6,13-14H,7-10H2,1-2H3,(H,17,19)/p+1/t13-,14-/m0/s1. The Morgan fingerprint density at radius 3 is 2.52 bits per heavy atom. The SMILES string of the molecule is COc1ccc(C[NH+](C)CC(=O)N[C@H]2CS(=O)(=O)C[C@@H]2Cl)cc1. The normalized spacial score (nSPS) is 24.1. The average molecular weight is 362 g/mol. The minimum atomic E-state index is -3.14. The molecule has 0 aromatic heterocycles. The summed E-state index contributed by atoms with van der Waals surface area (Å²) in [7, 11) is 0.386. The van der Waals surface area contributed by atoms with Gasteiger partial charge in [-0.05, 0) is 24.3 Å². The minimum Gasteiger partial charge on any atom is -0.497 e. The Kier molecular flexibility index (Phi) is 5.89. The number of quaternary nitrogens is 1. The lowest BCUT2D eigenvalue weighted by molar-refractivity contribution is -0.885. The predicted octanol–water partition coefficient (Wildman–Crippen LogP) is -0.769. The van der Waals surface area contributed by atoms with Crippen molar-refractivity contribution in [1.29, 1.82) is 0 Å². The predicted molar refractivity (Wildman–Crippen MR) is 88.7 cm³/mol. The lowest BCUT2D eigenvalue weighted by atomic mass is 10.2. The number of nitrogens with one attached hydrogen (secondary N) is 2. The van der Waals surface area contributed by atoms with Crippen molar-refractivity contribution >= 4 is 27.3 Å². The molecule has 1 unspecified atom stereocenters. The summed E-state index contributed by atoms with van der Waals surface area (Å²) in [5.74, 6) is 0.446. The van der Waals surface area contributed by atoms with Crippen LogP contribution in [0.25, 0.3) is 0 Å².